The number of hydrogen-bond donors (Lipinski definition) is 1. The molecule has 1 saturated heterocycles. The number of carbonyl (C=O) groups is 2. The minimum Gasteiger partial charge on any atom is -0.432 e. The predicted octanol–water partition coefficient (Wildman–Crippen LogP) is 6.57. The first-order chi connectivity index (χ1) is 22.0. The molecule has 5 rings (SSSR count). The highest BCUT2D eigenvalue weighted by Gasteiger charge is 2.32. The molecule has 3 amide bonds. The van der Waals surface area contributed by atoms with Crippen LogP contribution in [0.25, 0.3) is 17.1 Å². The summed E-state index contributed by atoms with van der Waals surface area (Å²) in [7, 11) is 0. The van der Waals surface area contributed by atoms with E-state index in [0.29, 0.717) is 11.3 Å². The van der Waals surface area contributed by atoms with Gasteiger partial charge in [-0.05, 0) is 48.9 Å². The highest BCUT2D eigenvalue weighted by molar-refractivity contribution is 8.15. The number of nitrogens with one attached hydrogen (secondary N) is 1. The molecular weight excluding hydrogens is 642 g/mol. The van der Waals surface area contributed by atoms with Gasteiger partial charge < -0.3 is 14.8 Å². The molecule has 0 spiro atoms. The molecule has 1 N–H and O–H groups in total. The number of alkyl halides is 4. The third-order valence-corrected chi connectivity index (χ3v) is 7.23. The summed E-state index contributed by atoms with van der Waals surface area (Å²) in [6.07, 6.45) is -1.46. The summed E-state index contributed by atoms with van der Waals surface area (Å²) in [5.74, 6) is -2.97. The Morgan fingerprint density at radius 1 is 1.07 bits per heavy atom. The van der Waals surface area contributed by atoms with Gasteiger partial charge in [-0.15, -0.1) is 5.10 Å². The highest BCUT2D eigenvalue weighted by atomic mass is 32.2. The molecule has 1 aromatic heterocycles. The van der Waals surface area contributed by atoms with Crippen LogP contribution >= 0.6 is 11.8 Å². The molecule has 0 saturated carbocycles. The number of amidine groups is 1. The van der Waals surface area contributed by atoms with Gasteiger partial charge in [0.15, 0.2) is 22.6 Å². The Kier molecular flexibility index (Phi) is 9.91. The van der Waals surface area contributed by atoms with E-state index in [4.69, 9.17) is 4.74 Å². The fraction of sp³-hybridized carbons (Fsp3) is 0.207. The van der Waals surface area contributed by atoms with E-state index in [1.807, 2.05) is 0 Å². The number of thioether (sulfide) groups is 1. The van der Waals surface area contributed by atoms with Crippen molar-refractivity contribution in [2.24, 2.45) is 4.99 Å². The van der Waals surface area contributed by atoms with E-state index >= 15 is 4.39 Å². The first-order valence-corrected chi connectivity index (χ1v) is 14.2. The van der Waals surface area contributed by atoms with Gasteiger partial charge in [-0.2, -0.15) is 13.8 Å². The number of ether oxygens (including phenoxy) is 2. The van der Waals surface area contributed by atoms with Gasteiger partial charge in [0.2, 0.25) is 5.91 Å². The Hall–Kier alpha value is -4.90. The maximum atomic E-state index is 15.0. The van der Waals surface area contributed by atoms with E-state index in [0.717, 1.165) is 40.2 Å². The second kappa shape index (κ2) is 14.0. The van der Waals surface area contributed by atoms with Crippen LogP contribution in [-0.4, -0.2) is 57.3 Å². The fourth-order valence-electron chi connectivity index (χ4n) is 4.27. The molecule has 1 aliphatic rings. The first kappa shape index (κ1) is 32.5. The molecule has 0 unspecified atom stereocenters. The molecule has 46 heavy (non-hydrogen) atoms. The Bertz CT molecular complexity index is 1800. The van der Waals surface area contributed by atoms with Crippen molar-refractivity contribution in [3.63, 3.8) is 0 Å². The molecule has 1 aliphatic heterocycles. The van der Waals surface area contributed by atoms with E-state index in [-0.39, 0.29) is 40.3 Å². The van der Waals surface area contributed by atoms with Crippen LogP contribution in [0.4, 0.5) is 42.5 Å². The van der Waals surface area contributed by atoms with Gasteiger partial charge >= 0.3 is 12.6 Å². The molecule has 1 fully saturated rings. The van der Waals surface area contributed by atoms with Crippen LogP contribution in [0.1, 0.15) is 11.1 Å². The smallest absolute Gasteiger partial charge is 0.387 e. The monoisotopic (exact) mass is 664 g/mol. The van der Waals surface area contributed by atoms with Crippen molar-refractivity contribution in [2.45, 2.75) is 26.6 Å². The molecule has 240 valence electrons. The van der Waals surface area contributed by atoms with E-state index in [9.17, 15) is 31.5 Å². The normalized spacial score (nSPS) is 14.2. The molecule has 0 bridgehead atoms. The third kappa shape index (κ3) is 7.66. The van der Waals surface area contributed by atoms with Crippen molar-refractivity contribution < 1.29 is 45.4 Å². The molecule has 17 heteroatoms. The van der Waals surface area contributed by atoms with Crippen LogP contribution in [0.15, 0.2) is 65.9 Å². The van der Waals surface area contributed by atoms with Crippen LogP contribution in [0.5, 0.6) is 5.75 Å². The Balaban J connectivity index is 1.30. The molecule has 2 heterocycles. The standard InChI is InChI=1S/C29H22F6N6O4S/c1-15-2-3-17(11-44-12-24(32)33)22(8-15)41-25(42)13-46-29(41)38-28(43)37-21-6-4-16(9-19(21)30)26-36-14-40(39-26)18-5-7-23(20(31)10-18)45-27(34)35/h2-10,14,24,27H,11-13H2,1H3,(H,37,43)/b38-29-. The lowest BCUT2D eigenvalue weighted by molar-refractivity contribution is -0.115. The number of rotatable bonds is 10. The lowest BCUT2D eigenvalue weighted by Gasteiger charge is -2.20. The lowest BCUT2D eigenvalue weighted by atomic mass is 10.1. The van der Waals surface area contributed by atoms with Gasteiger partial charge in [-0.3, -0.25) is 9.69 Å². The van der Waals surface area contributed by atoms with Crippen LogP contribution < -0.4 is 15.0 Å². The minimum absolute atomic E-state index is 0.000199. The molecular formula is C29H22F6N6O4S. The average molecular weight is 665 g/mol. The van der Waals surface area contributed by atoms with Crippen molar-refractivity contribution in [2.75, 3.05) is 22.6 Å². The summed E-state index contributed by atoms with van der Waals surface area (Å²) in [5.41, 5.74) is 1.59. The summed E-state index contributed by atoms with van der Waals surface area (Å²) in [6.45, 7) is -2.44. The number of aromatic nitrogens is 3. The number of urea groups is 1. The number of aryl methyl sites for hydroxylation is 1. The average Bonchev–Trinajstić information content (AvgIpc) is 3.63. The second-order valence-corrected chi connectivity index (χ2v) is 10.5. The highest BCUT2D eigenvalue weighted by Crippen LogP contribution is 2.32. The van der Waals surface area contributed by atoms with E-state index in [1.165, 1.54) is 29.4 Å². The summed E-state index contributed by atoms with van der Waals surface area (Å²) in [4.78, 5) is 34.8. The van der Waals surface area contributed by atoms with Crippen molar-refractivity contribution in [3.8, 4) is 22.8 Å². The van der Waals surface area contributed by atoms with Crippen molar-refractivity contribution in [1.82, 2.24) is 14.8 Å². The lowest BCUT2D eigenvalue weighted by Crippen LogP contribution is -2.31. The topological polar surface area (TPSA) is 111 Å². The number of carbonyl (C=O) groups excluding carboxylic acids is 2. The number of aliphatic imine (C=N–C) groups is 1. The number of anilines is 2. The van der Waals surface area contributed by atoms with Gasteiger partial charge in [0, 0.05) is 17.2 Å². The predicted molar refractivity (Wildman–Crippen MR) is 157 cm³/mol. The Morgan fingerprint density at radius 2 is 1.87 bits per heavy atom. The van der Waals surface area contributed by atoms with Gasteiger partial charge in [0.1, 0.15) is 18.8 Å². The Labute approximate surface area is 261 Å². The van der Waals surface area contributed by atoms with Gasteiger partial charge in [-0.25, -0.2) is 32.0 Å². The van der Waals surface area contributed by atoms with Crippen molar-refractivity contribution >= 4 is 40.2 Å². The Morgan fingerprint density at radius 3 is 2.59 bits per heavy atom. The summed E-state index contributed by atoms with van der Waals surface area (Å²) >= 11 is 0.972. The van der Waals surface area contributed by atoms with Gasteiger partial charge in [0.05, 0.1) is 29.4 Å². The van der Waals surface area contributed by atoms with E-state index < -0.39 is 49.0 Å². The van der Waals surface area contributed by atoms with E-state index in [1.54, 1.807) is 25.1 Å². The molecule has 0 radical (unpaired) electrons. The van der Waals surface area contributed by atoms with Crippen LogP contribution in [0, 0.1) is 18.6 Å². The number of halogens is 6. The van der Waals surface area contributed by atoms with Gasteiger partial charge in [-0.1, -0.05) is 23.9 Å². The fourth-order valence-corrected chi connectivity index (χ4v) is 5.13. The van der Waals surface area contributed by atoms with Crippen LogP contribution in [-0.2, 0) is 16.1 Å². The second-order valence-electron chi connectivity index (χ2n) is 9.58. The van der Waals surface area contributed by atoms with E-state index in [2.05, 4.69) is 25.1 Å². The molecule has 0 aliphatic carbocycles. The quantitative estimate of drug-likeness (QED) is 0.191. The summed E-state index contributed by atoms with van der Waals surface area (Å²) in [6, 6.07) is 10.9. The third-order valence-electron chi connectivity index (χ3n) is 6.30. The van der Waals surface area contributed by atoms with Crippen LogP contribution in [0.2, 0.25) is 0 Å². The largest absolute Gasteiger partial charge is 0.432 e. The van der Waals surface area contributed by atoms with Crippen LogP contribution in [0.3, 0.4) is 0 Å². The SMILES string of the molecule is Cc1ccc(COCC(F)F)c(N2C(=O)CS/C2=N\C(=O)Nc2ccc(-c3ncn(-c4ccc(OC(F)F)c(F)c4)n3)cc2F)c1. The first-order valence-electron chi connectivity index (χ1n) is 13.3. The molecule has 4 aromatic rings. The number of hydrogen-bond acceptors (Lipinski definition) is 7. The minimum atomic E-state index is -3.20. The number of nitrogens with zero attached hydrogens (tertiary/aromatic N) is 5. The maximum Gasteiger partial charge on any atom is 0.387 e. The van der Waals surface area contributed by atoms with Gasteiger partial charge in [0.25, 0.3) is 6.43 Å². The summed E-state index contributed by atoms with van der Waals surface area (Å²) < 4.78 is 89.4. The zero-order valence-corrected chi connectivity index (χ0v) is 24.4. The molecule has 0 atom stereocenters. The number of amides is 3. The molecule has 10 nitrogen and oxygen atoms in total. The maximum absolute atomic E-state index is 15.0. The number of benzene rings is 3. The summed E-state index contributed by atoms with van der Waals surface area (Å²) in [5, 5.41) is 6.47. The zero-order chi connectivity index (χ0) is 33.0. The van der Waals surface area contributed by atoms with Crippen molar-refractivity contribution in [1.29, 1.82) is 0 Å². The van der Waals surface area contributed by atoms with Crippen molar-refractivity contribution in [3.05, 3.63) is 83.7 Å². The molecule has 3 aromatic carbocycles. The zero-order valence-electron chi connectivity index (χ0n) is 23.6.